The Morgan fingerprint density at radius 3 is 2.45 bits per heavy atom. The highest BCUT2D eigenvalue weighted by Crippen LogP contribution is 2.22. The van der Waals surface area contributed by atoms with Gasteiger partial charge < -0.3 is 15.5 Å². The summed E-state index contributed by atoms with van der Waals surface area (Å²) >= 11 is 0. The number of hydrogen-bond acceptors (Lipinski definition) is 3. The Bertz CT molecular complexity index is 1120. The topological polar surface area (TPSA) is 74.6 Å². The molecule has 1 fully saturated rings. The number of benzene rings is 2. The second kappa shape index (κ2) is 10.3. The fraction of sp³-hybridized carbons (Fsp3) is 0.346. The van der Waals surface area contributed by atoms with Crippen LogP contribution in [-0.4, -0.2) is 34.7 Å². The Balaban J connectivity index is 1.42. The zero-order chi connectivity index (χ0) is 23.2. The van der Waals surface area contributed by atoms with Crippen molar-refractivity contribution in [1.82, 2.24) is 20.4 Å². The van der Waals surface area contributed by atoms with Crippen LogP contribution in [0.2, 0.25) is 0 Å². The zero-order valence-corrected chi connectivity index (χ0v) is 19.6. The van der Waals surface area contributed by atoms with Gasteiger partial charge in [0.15, 0.2) is 5.96 Å². The number of para-hydroxylation sites is 1. The number of rotatable bonds is 7. The molecule has 33 heavy (non-hydrogen) atoms. The highest BCUT2D eigenvalue weighted by Gasteiger charge is 2.21. The Morgan fingerprint density at radius 1 is 1.03 bits per heavy atom. The largest absolute Gasteiger partial charge is 0.357 e. The highest BCUT2D eigenvalue weighted by atomic mass is 16.2. The Hall–Kier alpha value is -3.61. The molecular weight excluding hydrogens is 412 g/mol. The molecule has 2 heterocycles. The first-order valence-corrected chi connectivity index (χ1v) is 11.6. The molecule has 172 valence electrons. The summed E-state index contributed by atoms with van der Waals surface area (Å²) in [5.41, 5.74) is 6.43. The second-order valence-electron chi connectivity index (χ2n) is 8.26. The molecule has 7 nitrogen and oxygen atoms in total. The predicted molar refractivity (Wildman–Crippen MR) is 133 cm³/mol. The number of nitrogens with one attached hydrogen (secondary N) is 2. The van der Waals surface area contributed by atoms with Crippen molar-refractivity contribution in [3.63, 3.8) is 0 Å². The van der Waals surface area contributed by atoms with Crippen LogP contribution in [0.1, 0.15) is 42.3 Å². The summed E-state index contributed by atoms with van der Waals surface area (Å²) in [7, 11) is 0. The van der Waals surface area contributed by atoms with Crippen molar-refractivity contribution in [1.29, 1.82) is 0 Å². The van der Waals surface area contributed by atoms with Crippen LogP contribution in [0.5, 0.6) is 0 Å². The van der Waals surface area contributed by atoms with Crippen LogP contribution in [0.3, 0.4) is 0 Å². The molecule has 1 aromatic heterocycles. The smallest absolute Gasteiger partial charge is 0.227 e. The first-order chi connectivity index (χ1) is 16.1. The van der Waals surface area contributed by atoms with Crippen LogP contribution >= 0.6 is 0 Å². The maximum atomic E-state index is 11.9. The van der Waals surface area contributed by atoms with E-state index in [0.29, 0.717) is 19.5 Å². The number of aryl methyl sites for hydroxylation is 1. The van der Waals surface area contributed by atoms with Crippen LogP contribution in [0.4, 0.5) is 5.69 Å². The number of hydrogen-bond donors (Lipinski definition) is 2. The van der Waals surface area contributed by atoms with Crippen molar-refractivity contribution in [2.75, 3.05) is 18.0 Å². The van der Waals surface area contributed by atoms with E-state index in [1.54, 1.807) is 0 Å². The number of aromatic nitrogens is 2. The maximum Gasteiger partial charge on any atom is 0.227 e. The minimum absolute atomic E-state index is 0.209. The van der Waals surface area contributed by atoms with Crippen molar-refractivity contribution in [2.45, 2.75) is 46.7 Å². The third-order valence-corrected chi connectivity index (χ3v) is 5.96. The SMILES string of the molecule is CCNC(=NCc1ccc(N2CCCC2=O)cc1)NCc1c(C)nn(-c2ccccc2)c1C. The summed E-state index contributed by atoms with van der Waals surface area (Å²) in [6.07, 6.45) is 1.58. The third kappa shape index (κ3) is 5.25. The van der Waals surface area contributed by atoms with E-state index in [2.05, 4.69) is 36.6 Å². The average molecular weight is 445 g/mol. The first-order valence-electron chi connectivity index (χ1n) is 11.6. The van der Waals surface area contributed by atoms with Gasteiger partial charge in [0.2, 0.25) is 5.91 Å². The summed E-state index contributed by atoms with van der Waals surface area (Å²) in [5, 5.41) is 11.5. The number of carbonyl (C=O) groups is 1. The zero-order valence-electron chi connectivity index (χ0n) is 19.6. The lowest BCUT2D eigenvalue weighted by atomic mass is 10.2. The summed E-state index contributed by atoms with van der Waals surface area (Å²) < 4.78 is 1.99. The monoisotopic (exact) mass is 444 g/mol. The van der Waals surface area contributed by atoms with Gasteiger partial charge >= 0.3 is 0 Å². The van der Waals surface area contributed by atoms with E-state index in [4.69, 9.17) is 10.1 Å². The summed E-state index contributed by atoms with van der Waals surface area (Å²) in [5.74, 6) is 0.975. The lowest BCUT2D eigenvalue weighted by Crippen LogP contribution is -2.37. The molecule has 2 N–H and O–H groups in total. The molecule has 1 saturated heterocycles. The number of amides is 1. The first kappa shape index (κ1) is 22.6. The molecule has 0 atom stereocenters. The van der Waals surface area contributed by atoms with E-state index in [0.717, 1.165) is 53.8 Å². The van der Waals surface area contributed by atoms with Crippen molar-refractivity contribution >= 4 is 17.6 Å². The van der Waals surface area contributed by atoms with Crippen LogP contribution in [0.25, 0.3) is 5.69 Å². The van der Waals surface area contributed by atoms with Gasteiger partial charge in [-0.2, -0.15) is 5.10 Å². The minimum Gasteiger partial charge on any atom is -0.357 e. The summed E-state index contributed by atoms with van der Waals surface area (Å²) in [6.45, 7) is 8.99. The average Bonchev–Trinajstić information content (AvgIpc) is 3.39. The van der Waals surface area contributed by atoms with Gasteiger partial charge in [0.1, 0.15) is 0 Å². The van der Waals surface area contributed by atoms with Crippen LogP contribution in [0.15, 0.2) is 59.6 Å². The fourth-order valence-electron chi connectivity index (χ4n) is 4.14. The molecule has 7 heteroatoms. The normalized spacial score (nSPS) is 14.1. The molecule has 0 saturated carbocycles. The van der Waals surface area contributed by atoms with Gasteiger partial charge in [0, 0.05) is 43.0 Å². The van der Waals surface area contributed by atoms with Gasteiger partial charge in [-0.05, 0) is 57.0 Å². The van der Waals surface area contributed by atoms with Crippen LogP contribution in [0, 0.1) is 13.8 Å². The molecule has 4 rings (SSSR count). The molecule has 0 bridgehead atoms. The summed E-state index contributed by atoms with van der Waals surface area (Å²) in [6, 6.07) is 18.3. The van der Waals surface area contributed by atoms with Gasteiger partial charge in [-0.15, -0.1) is 0 Å². The number of guanidine groups is 1. The molecule has 0 radical (unpaired) electrons. The standard InChI is InChI=1S/C26H32N6O/c1-4-27-26(28-17-21-12-14-22(15-13-21)31-16-8-11-25(31)33)29-18-24-19(2)30-32(20(24)3)23-9-6-5-7-10-23/h5-7,9-10,12-15H,4,8,11,16-18H2,1-3H3,(H2,27,28,29). The quantitative estimate of drug-likeness (QED) is 0.429. The fourth-order valence-corrected chi connectivity index (χ4v) is 4.14. The Kier molecular flexibility index (Phi) is 7.07. The van der Waals surface area contributed by atoms with Crippen LogP contribution < -0.4 is 15.5 Å². The third-order valence-electron chi connectivity index (χ3n) is 5.96. The number of aliphatic imine (C=N–C) groups is 1. The second-order valence-corrected chi connectivity index (χ2v) is 8.26. The number of anilines is 1. The molecule has 0 spiro atoms. The Morgan fingerprint density at radius 2 is 1.79 bits per heavy atom. The predicted octanol–water partition coefficient (Wildman–Crippen LogP) is 3.87. The van der Waals surface area contributed by atoms with E-state index < -0.39 is 0 Å². The van der Waals surface area contributed by atoms with Gasteiger partial charge in [0.25, 0.3) is 0 Å². The van der Waals surface area contributed by atoms with E-state index in [-0.39, 0.29) is 5.91 Å². The van der Waals surface area contributed by atoms with E-state index >= 15 is 0 Å². The van der Waals surface area contributed by atoms with E-state index in [9.17, 15) is 4.79 Å². The van der Waals surface area contributed by atoms with Crippen molar-refractivity contribution < 1.29 is 4.79 Å². The Labute approximate surface area is 195 Å². The minimum atomic E-state index is 0.209. The maximum absolute atomic E-state index is 11.9. The molecule has 1 amide bonds. The summed E-state index contributed by atoms with van der Waals surface area (Å²) in [4.78, 5) is 18.6. The van der Waals surface area contributed by atoms with Gasteiger partial charge in [-0.25, -0.2) is 9.67 Å². The lowest BCUT2D eigenvalue weighted by molar-refractivity contribution is -0.117. The molecule has 1 aliphatic rings. The van der Waals surface area contributed by atoms with E-state index in [1.807, 2.05) is 59.0 Å². The van der Waals surface area contributed by atoms with Crippen molar-refractivity contribution in [3.05, 3.63) is 77.1 Å². The van der Waals surface area contributed by atoms with Gasteiger partial charge in [-0.3, -0.25) is 4.79 Å². The molecular formula is C26H32N6O. The van der Waals surface area contributed by atoms with Gasteiger partial charge in [-0.1, -0.05) is 30.3 Å². The molecule has 3 aromatic rings. The molecule has 2 aromatic carbocycles. The van der Waals surface area contributed by atoms with E-state index in [1.165, 1.54) is 5.56 Å². The number of carbonyl (C=O) groups excluding carboxylic acids is 1. The van der Waals surface area contributed by atoms with Crippen molar-refractivity contribution in [3.8, 4) is 5.69 Å². The number of nitrogens with zero attached hydrogens (tertiary/aromatic N) is 4. The van der Waals surface area contributed by atoms with Crippen molar-refractivity contribution in [2.24, 2.45) is 4.99 Å². The lowest BCUT2D eigenvalue weighted by Gasteiger charge is -2.16. The molecule has 0 unspecified atom stereocenters. The molecule has 0 aliphatic carbocycles. The molecule has 1 aliphatic heterocycles. The van der Waals surface area contributed by atoms with Gasteiger partial charge in [0.05, 0.1) is 17.9 Å². The van der Waals surface area contributed by atoms with Crippen LogP contribution in [-0.2, 0) is 17.9 Å². The highest BCUT2D eigenvalue weighted by molar-refractivity contribution is 5.95.